The smallest absolute Gasteiger partial charge is 0.459 e. The number of hydrogen-bond acceptors (Lipinski definition) is 7. The number of aliphatic hydroxyl groups excluding tert-OH is 1. The Bertz CT molecular complexity index is 953. The molecule has 0 bridgehead atoms. The van der Waals surface area contributed by atoms with Crippen LogP contribution in [-0.2, 0) is 19.0 Å². The van der Waals surface area contributed by atoms with Crippen LogP contribution >= 0.6 is 0 Å². The Morgan fingerprint density at radius 1 is 0.938 bits per heavy atom. The maximum atomic E-state index is 12.8. The lowest BCUT2D eigenvalue weighted by Gasteiger charge is -2.24. The van der Waals surface area contributed by atoms with Gasteiger partial charge < -0.3 is 24.6 Å². The van der Waals surface area contributed by atoms with Gasteiger partial charge >= 0.3 is 24.0 Å². The maximum absolute atomic E-state index is 12.8. The highest BCUT2D eigenvalue weighted by Crippen LogP contribution is 2.26. The van der Waals surface area contributed by atoms with Crippen molar-refractivity contribution in [1.29, 1.82) is 0 Å². The number of aliphatic hydroxyl groups is 1. The highest BCUT2D eigenvalue weighted by atomic mass is 19.4. The number of benzene rings is 2. The topological polar surface area (TPSA) is 111 Å². The fourth-order valence-corrected chi connectivity index (χ4v) is 2.99. The molecule has 2 aromatic rings. The van der Waals surface area contributed by atoms with Crippen LogP contribution in [-0.4, -0.2) is 60.3 Å². The number of hydrogen-bond donors (Lipinski definition) is 2. The van der Waals surface area contributed by atoms with Crippen LogP contribution in [0.1, 0.15) is 20.7 Å². The molecule has 1 heterocycles. The molecular formula is C21H18F3NO7. The molecule has 0 unspecified atom stereocenters. The third-order valence-corrected chi connectivity index (χ3v) is 4.55. The first-order valence-electron chi connectivity index (χ1n) is 9.36. The number of rotatable bonds is 6. The number of carbonyl (C=O) groups excluding carboxylic acids is 3. The molecule has 32 heavy (non-hydrogen) atoms. The number of amides is 1. The van der Waals surface area contributed by atoms with Crippen LogP contribution in [0.2, 0.25) is 0 Å². The average Bonchev–Trinajstić information content (AvgIpc) is 3.06. The van der Waals surface area contributed by atoms with Gasteiger partial charge in [0.25, 0.3) is 0 Å². The van der Waals surface area contributed by atoms with E-state index in [1.807, 2.05) is 0 Å². The molecule has 0 aliphatic carbocycles. The fourth-order valence-electron chi connectivity index (χ4n) is 2.99. The highest BCUT2D eigenvalue weighted by Gasteiger charge is 2.51. The van der Waals surface area contributed by atoms with Gasteiger partial charge in [0.2, 0.25) is 0 Å². The molecule has 11 heteroatoms. The molecule has 1 fully saturated rings. The minimum Gasteiger partial charge on any atom is -0.459 e. The van der Waals surface area contributed by atoms with Crippen LogP contribution < -0.4 is 5.32 Å². The number of carbonyl (C=O) groups is 3. The van der Waals surface area contributed by atoms with Crippen LogP contribution in [0.5, 0.6) is 0 Å². The van der Waals surface area contributed by atoms with E-state index in [-0.39, 0.29) is 11.1 Å². The Morgan fingerprint density at radius 2 is 1.47 bits per heavy atom. The first-order chi connectivity index (χ1) is 15.2. The minimum absolute atomic E-state index is 0.0690. The largest absolute Gasteiger partial charge is 0.471 e. The van der Waals surface area contributed by atoms with E-state index in [0.717, 1.165) is 0 Å². The second-order valence-corrected chi connectivity index (χ2v) is 6.76. The van der Waals surface area contributed by atoms with Gasteiger partial charge in [-0.05, 0) is 24.3 Å². The van der Waals surface area contributed by atoms with Crippen LogP contribution in [0.3, 0.4) is 0 Å². The third-order valence-electron chi connectivity index (χ3n) is 4.55. The zero-order valence-electron chi connectivity index (χ0n) is 16.3. The SMILES string of the molecule is O=C(OC[C@H]1O[C@@H](O)[C@H](OC(=O)c2ccccc2)[C@@H]1NC(=O)C(F)(F)F)c1ccccc1. The summed E-state index contributed by atoms with van der Waals surface area (Å²) in [4.78, 5) is 36.0. The average molecular weight is 453 g/mol. The van der Waals surface area contributed by atoms with Gasteiger partial charge in [0.15, 0.2) is 12.4 Å². The molecule has 2 N–H and O–H groups in total. The lowest BCUT2D eigenvalue weighted by molar-refractivity contribution is -0.175. The Labute approximate surface area is 179 Å². The quantitative estimate of drug-likeness (QED) is 0.642. The van der Waals surface area contributed by atoms with E-state index in [2.05, 4.69) is 0 Å². The number of alkyl halides is 3. The zero-order chi connectivity index (χ0) is 23.3. The van der Waals surface area contributed by atoms with E-state index >= 15 is 0 Å². The van der Waals surface area contributed by atoms with E-state index in [0.29, 0.717) is 0 Å². The molecule has 1 saturated heterocycles. The van der Waals surface area contributed by atoms with Gasteiger partial charge in [-0.15, -0.1) is 0 Å². The molecule has 3 rings (SSSR count). The van der Waals surface area contributed by atoms with Gasteiger partial charge in [-0.25, -0.2) is 9.59 Å². The Balaban J connectivity index is 1.75. The predicted molar refractivity (Wildman–Crippen MR) is 101 cm³/mol. The summed E-state index contributed by atoms with van der Waals surface area (Å²) in [6.07, 6.45) is -10.2. The Morgan fingerprint density at radius 3 is 2.00 bits per heavy atom. The summed E-state index contributed by atoms with van der Waals surface area (Å²) in [5, 5.41) is 11.8. The van der Waals surface area contributed by atoms with Crippen LogP contribution in [0.25, 0.3) is 0 Å². The second kappa shape index (κ2) is 9.79. The second-order valence-electron chi connectivity index (χ2n) is 6.76. The predicted octanol–water partition coefficient (Wildman–Crippen LogP) is 1.83. The molecule has 1 amide bonds. The van der Waals surface area contributed by atoms with Gasteiger partial charge in [-0.1, -0.05) is 36.4 Å². The first-order valence-corrected chi connectivity index (χ1v) is 9.36. The Hall–Kier alpha value is -3.44. The highest BCUT2D eigenvalue weighted by molar-refractivity contribution is 5.90. The van der Waals surface area contributed by atoms with Crippen molar-refractivity contribution in [3.05, 3.63) is 71.8 Å². The van der Waals surface area contributed by atoms with Gasteiger partial charge in [0.1, 0.15) is 18.8 Å². The van der Waals surface area contributed by atoms with Crippen molar-refractivity contribution in [2.75, 3.05) is 6.61 Å². The third kappa shape index (κ3) is 5.62. The van der Waals surface area contributed by atoms with Crippen LogP contribution in [0.15, 0.2) is 60.7 Å². The van der Waals surface area contributed by atoms with Crippen molar-refractivity contribution >= 4 is 17.8 Å². The van der Waals surface area contributed by atoms with E-state index < -0.39 is 55.2 Å². The van der Waals surface area contributed by atoms with E-state index in [9.17, 15) is 32.7 Å². The number of ether oxygens (including phenoxy) is 3. The molecule has 0 aromatic heterocycles. The van der Waals surface area contributed by atoms with E-state index in [4.69, 9.17) is 14.2 Å². The monoisotopic (exact) mass is 453 g/mol. The number of esters is 2. The molecule has 8 nitrogen and oxygen atoms in total. The van der Waals surface area contributed by atoms with Crippen molar-refractivity contribution in [2.24, 2.45) is 0 Å². The van der Waals surface area contributed by atoms with Gasteiger partial charge in [-0.2, -0.15) is 13.2 Å². The molecule has 170 valence electrons. The van der Waals surface area contributed by atoms with Gasteiger partial charge in [0, 0.05) is 0 Å². The standard InChI is InChI=1S/C21H18F3NO7/c22-21(23,24)20(29)25-15-14(11-30-17(26)12-7-3-1-4-8-12)31-19(28)16(15)32-18(27)13-9-5-2-6-10-13/h1-10,14-16,19,28H,11H2,(H,25,29)/t14-,15-,16-,19-/m1/s1. The Kier molecular flexibility index (Phi) is 7.11. The van der Waals surface area contributed by atoms with Crippen LogP contribution in [0, 0.1) is 0 Å². The summed E-state index contributed by atoms with van der Waals surface area (Å²) in [6, 6.07) is 13.6. The van der Waals surface area contributed by atoms with Crippen molar-refractivity contribution in [3.8, 4) is 0 Å². The van der Waals surface area contributed by atoms with Crippen molar-refractivity contribution in [3.63, 3.8) is 0 Å². The normalized spacial score (nSPS) is 22.8. The molecule has 1 aliphatic heterocycles. The fraction of sp³-hybridized carbons (Fsp3) is 0.286. The summed E-state index contributed by atoms with van der Waals surface area (Å²) >= 11 is 0. The molecule has 1 aliphatic rings. The van der Waals surface area contributed by atoms with Gasteiger partial charge in [0.05, 0.1) is 11.1 Å². The number of nitrogens with one attached hydrogen (secondary N) is 1. The molecule has 0 saturated carbocycles. The molecule has 4 atom stereocenters. The van der Waals surface area contributed by atoms with E-state index in [1.54, 1.807) is 29.6 Å². The van der Waals surface area contributed by atoms with E-state index in [1.165, 1.54) is 36.4 Å². The first kappa shape index (κ1) is 23.2. The summed E-state index contributed by atoms with van der Waals surface area (Å²) in [6.45, 7) is -0.618. The summed E-state index contributed by atoms with van der Waals surface area (Å²) in [7, 11) is 0. The lowest BCUT2D eigenvalue weighted by atomic mass is 10.1. The van der Waals surface area contributed by atoms with Crippen molar-refractivity contribution < 1.29 is 46.9 Å². The molecule has 2 aromatic carbocycles. The number of halogens is 3. The lowest BCUT2D eigenvalue weighted by Crippen LogP contribution is -2.53. The summed E-state index contributed by atoms with van der Waals surface area (Å²) < 4.78 is 53.7. The maximum Gasteiger partial charge on any atom is 0.471 e. The molecule has 0 radical (unpaired) electrons. The van der Waals surface area contributed by atoms with Crippen molar-refractivity contribution in [2.45, 2.75) is 30.7 Å². The van der Waals surface area contributed by atoms with Crippen molar-refractivity contribution in [1.82, 2.24) is 5.32 Å². The molecular weight excluding hydrogens is 435 g/mol. The van der Waals surface area contributed by atoms with Crippen LogP contribution in [0.4, 0.5) is 13.2 Å². The van der Waals surface area contributed by atoms with Gasteiger partial charge in [-0.3, -0.25) is 4.79 Å². The molecule has 0 spiro atoms. The zero-order valence-corrected chi connectivity index (χ0v) is 16.3. The summed E-state index contributed by atoms with van der Waals surface area (Å²) in [5.41, 5.74) is 0.244. The summed E-state index contributed by atoms with van der Waals surface area (Å²) in [5.74, 6) is -4.08. The minimum atomic E-state index is -5.24.